The Morgan fingerprint density at radius 2 is 2.07 bits per heavy atom. The van der Waals surface area contributed by atoms with Crippen LogP contribution in [-0.4, -0.2) is 45.1 Å². The highest BCUT2D eigenvalue weighted by molar-refractivity contribution is 5.71. The molecule has 0 bridgehead atoms. The Morgan fingerprint density at radius 3 is 2.73 bits per heavy atom. The van der Waals surface area contributed by atoms with E-state index in [4.69, 9.17) is 4.74 Å². The maximum absolute atomic E-state index is 11.8. The predicted octanol–water partition coefficient (Wildman–Crippen LogP) is 3.47. The van der Waals surface area contributed by atoms with Crippen LogP contribution >= 0.6 is 0 Å². The quantitative estimate of drug-likeness (QED) is 0.545. The Labute approximate surface area is 179 Å². The van der Waals surface area contributed by atoms with E-state index in [1.807, 2.05) is 0 Å². The van der Waals surface area contributed by atoms with Crippen LogP contribution in [0.4, 0.5) is 0 Å². The molecule has 2 aliphatic carbocycles. The Balaban J connectivity index is 1.77. The average Bonchev–Trinajstić information content (AvgIpc) is 2.64. The highest BCUT2D eigenvalue weighted by Gasteiger charge is 2.48. The molecule has 3 rings (SSSR count). The summed E-state index contributed by atoms with van der Waals surface area (Å²) in [7, 11) is 0. The van der Waals surface area contributed by atoms with E-state index in [-0.39, 0.29) is 42.2 Å². The summed E-state index contributed by atoms with van der Waals surface area (Å²) in [6, 6.07) is 0. The maximum atomic E-state index is 11.8. The third-order valence-corrected chi connectivity index (χ3v) is 7.28. The van der Waals surface area contributed by atoms with Crippen molar-refractivity contribution in [3.05, 3.63) is 23.8 Å². The van der Waals surface area contributed by atoms with Gasteiger partial charge < -0.3 is 20.1 Å². The number of ether oxygens (including phenoxy) is 1. The van der Waals surface area contributed by atoms with Crippen LogP contribution in [0, 0.1) is 29.6 Å². The van der Waals surface area contributed by atoms with Gasteiger partial charge in [0.05, 0.1) is 24.0 Å². The maximum Gasteiger partial charge on any atom is 0.308 e. The predicted molar refractivity (Wildman–Crippen MR) is 112 cm³/mol. The Bertz CT molecular complexity index is 712. The number of aliphatic hydroxyl groups is 2. The van der Waals surface area contributed by atoms with Crippen LogP contribution in [0.3, 0.4) is 0 Å². The summed E-state index contributed by atoms with van der Waals surface area (Å²) in [5.41, 5.74) is 0.197. The molecule has 1 aliphatic heterocycles. The fraction of sp³-hybridized carbons (Fsp3) is 0.750. The number of cyclic esters (lactones) is 1. The molecule has 0 radical (unpaired) electrons. The van der Waals surface area contributed by atoms with Crippen molar-refractivity contribution in [2.24, 2.45) is 29.6 Å². The van der Waals surface area contributed by atoms with E-state index >= 15 is 0 Å². The monoisotopic (exact) mass is 420 g/mol. The van der Waals surface area contributed by atoms with Crippen molar-refractivity contribution in [2.75, 3.05) is 0 Å². The number of rotatable bonds is 7. The minimum Gasteiger partial charge on any atom is -0.481 e. The number of allylic oxidation sites excluding steroid dienone is 3. The molecule has 3 aliphatic rings. The highest BCUT2D eigenvalue weighted by atomic mass is 16.5. The van der Waals surface area contributed by atoms with E-state index < -0.39 is 23.6 Å². The number of carbonyl (C=O) groups excluding carboxylic acids is 1. The van der Waals surface area contributed by atoms with E-state index in [2.05, 4.69) is 32.1 Å². The van der Waals surface area contributed by atoms with Crippen molar-refractivity contribution in [1.29, 1.82) is 0 Å². The van der Waals surface area contributed by atoms with Gasteiger partial charge in [0.1, 0.15) is 6.10 Å². The standard InChI is InChI=1S/C24H36O6/c1-14-10-17-5-4-15(2)20(7-6-19-11-18(25)12-21(26)30-19)22(17)24(29,13-14)9-8-16(3)23(27)28/h4-5,10,14-16,18-20,22,25,29H,6-9,11-13H2,1-3H3,(H,27,28)/t14-,15-,16?,18+,19+,20-,22-,24-/m0/s1. The number of carboxylic acid groups (broad SMARTS) is 1. The number of fused-ring (bicyclic) bond motifs is 1. The summed E-state index contributed by atoms with van der Waals surface area (Å²) in [4.78, 5) is 23.0. The fourth-order valence-electron chi connectivity index (χ4n) is 5.69. The van der Waals surface area contributed by atoms with Gasteiger partial charge in [-0.05, 0) is 55.4 Å². The molecule has 0 spiro atoms. The third kappa shape index (κ3) is 5.14. The van der Waals surface area contributed by atoms with Crippen LogP contribution in [0.25, 0.3) is 0 Å². The molecule has 0 amide bonds. The molecule has 3 N–H and O–H groups in total. The van der Waals surface area contributed by atoms with Gasteiger partial charge >= 0.3 is 11.9 Å². The van der Waals surface area contributed by atoms with Gasteiger partial charge in [-0.3, -0.25) is 9.59 Å². The zero-order valence-corrected chi connectivity index (χ0v) is 18.3. The lowest BCUT2D eigenvalue weighted by molar-refractivity contribution is -0.161. The van der Waals surface area contributed by atoms with Gasteiger partial charge in [0.15, 0.2) is 0 Å². The van der Waals surface area contributed by atoms with E-state index in [9.17, 15) is 24.9 Å². The molecule has 0 saturated carbocycles. The van der Waals surface area contributed by atoms with Crippen LogP contribution in [0.2, 0.25) is 0 Å². The molecule has 0 aromatic rings. The number of esters is 1. The summed E-state index contributed by atoms with van der Waals surface area (Å²) >= 11 is 0. The first-order valence-electron chi connectivity index (χ1n) is 11.3. The molecule has 1 unspecified atom stereocenters. The van der Waals surface area contributed by atoms with Gasteiger partial charge in [-0.15, -0.1) is 0 Å². The number of aliphatic hydroxyl groups excluding tert-OH is 1. The van der Waals surface area contributed by atoms with E-state index in [1.54, 1.807) is 6.92 Å². The molecule has 8 atom stereocenters. The van der Waals surface area contributed by atoms with Gasteiger partial charge in [-0.1, -0.05) is 39.0 Å². The summed E-state index contributed by atoms with van der Waals surface area (Å²) in [5, 5.41) is 31.0. The largest absolute Gasteiger partial charge is 0.481 e. The number of hydrogen-bond acceptors (Lipinski definition) is 5. The first-order valence-corrected chi connectivity index (χ1v) is 11.3. The molecule has 0 aromatic carbocycles. The lowest BCUT2D eigenvalue weighted by Crippen LogP contribution is -2.49. The molecule has 6 heteroatoms. The van der Waals surface area contributed by atoms with Crippen molar-refractivity contribution in [3.8, 4) is 0 Å². The third-order valence-electron chi connectivity index (χ3n) is 7.28. The minimum absolute atomic E-state index is 0.0566. The average molecular weight is 421 g/mol. The first-order chi connectivity index (χ1) is 14.1. The molecule has 30 heavy (non-hydrogen) atoms. The van der Waals surface area contributed by atoms with E-state index in [0.717, 1.165) is 12.0 Å². The minimum atomic E-state index is -0.945. The second-order valence-electron chi connectivity index (χ2n) is 9.87. The van der Waals surface area contributed by atoms with Crippen molar-refractivity contribution in [1.82, 2.24) is 0 Å². The Hall–Kier alpha value is -1.66. The zero-order valence-electron chi connectivity index (χ0n) is 18.3. The number of hydrogen-bond donors (Lipinski definition) is 3. The molecular formula is C24H36O6. The number of carboxylic acids is 1. The van der Waals surface area contributed by atoms with Crippen LogP contribution in [0.1, 0.15) is 65.7 Å². The molecule has 6 nitrogen and oxygen atoms in total. The van der Waals surface area contributed by atoms with Crippen LogP contribution in [0.5, 0.6) is 0 Å². The van der Waals surface area contributed by atoms with Crippen molar-refractivity contribution in [3.63, 3.8) is 0 Å². The lowest BCUT2D eigenvalue weighted by atomic mass is 9.58. The smallest absolute Gasteiger partial charge is 0.308 e. The molecule has 168 valence electrons. The van der Waals surface area contributed by atoms with Gasteiger partial charge in [-0.2, -0.15) is 0 Å². The SMILES string of the molecule is CC(CC[C@]1(O)C[C@@H](C)C=C2C=C[C@H](C)[C@H](CC[C@@H]3C[C@@H](O)CC(=O)O3)[C@H]21)C(=O)O. The second kappa shape index (κ2) is 9.23. The summed E-state index contributed by atoms with van der Waals surface area (Å²) < 4.78 is 5.43. The summed E-state index contributed by atoms with van der Waals surface area (Å²) in [6.45, 7) is 5.94. The molecule has 1 fully saturated rings. The zero-order chi connectivity index (χ0) is 22.1. The highest BCUT2D eigenvalue weighted by Crippen LogP contribution is 2.50. The topological polar surface area (TPSA) is 104 Å². The van der Waals surface area contributed by atoms with Crippen LogP contribution in [0.15, 0.2) is 23.8 Å². The molecule has 1 saturated heterocycles. The van der Waals surface area contributed by atoms with Crippen molar-refractivity contribution in [2.45, 2.75) is 83.5 Å². The molecule has 0 aromatic heterocycles. The van der Waals surface area contributed by atoms with E-state index in [0.29, 0.717) is 32.1 Å². The lowest BCUT2D eigenvalue weighted by Gasteiger charge is -2.49. The van der Waals surface area contributed by atoms with Crippen LogP contribution in [-0.2, 0) is 14.3 Å². The van der Waals surface area contributed by atoms with Crippen molar-refractivity contribution >= 4 is 11.9 Å². The van der Waals surface area contributed by atoms with Crippen LogP contribution < -0.4 is 0 Å². The normalized spacial score (nSPS) is 39.6. The van der Waals surface area contributed by atoms with Gasteiger partial charge in [0, 0.05) is 12.3 Å². The Morgan fingerprint density at radius 1 is 1.33 bits per heavy atom. The molecule has 1 heterocycles. The van der Waals surface area contributed by atoms with E-state index in [1.165, 1.54) is 0 Å². The summed E-state index contributed by atoms with van der Waals surface area (Å²) in [5.74, 6) is -1.05. The number of carbonyl (C=O) groups is 2. The van der Waals surface area contributed by atoms with Gasteiger partial charge in [0.2, 0.25) is 0 Å². The van der Waals surface area contributed by atoms with Crippen molar-refractivity contribution < 1.29 is 29.6 Å². The van der Waals surface area contributed by atoms with Gasteiger partial charge in [-0.25, -0.2) is 0 Å². The first kappa shape index (κ1) is 23.0. The number of aliphatic carboxylic acids is 1. The molecular weight excluding hydrogens is 384 g/mol. The second-order valence-corrected chi connectivity index (χ2v) is 9.87. The van der Waals surface area contributed by atoms with Gasteiger partial charge in [0.25, 0.3) is 0 Å². The Kier molecular flexibility index (Phi) is 7.08. The fourth-order valence-corrected chi connectivity index (χ4v) is 5.69. The summed E-state index contributed by atoms with van der Waals surface area (Å²) in [6.07, 6.45) is 9.12.